The highest BCUT2D eigenvalue weighted by atomic mass is 32.2. The van der Waals surface area contributed by atoms with E-state index in [1.165, 1.54) is 15.6 Å². The first-order chi connectivity index (χ1) is 6.62. The summed E-state index contributed by atoms with van der Waals surface area (Å²) in [6.07, 6.45) is 0. The van der Waals surface area contributed by atoms with Crippen molar-refractivity contribution < 1.29 is 8.42 Å². The van der Waals surface area contributed by atoms with Crippen LogP contribution in [0.15, 0.2) is 0 Å². The first-order valence-electron chi connectivity index (χ1n) is 3.88. The molecule has 1 fully saturated rings. The van der Waals surface area contributed by atoms with Crippen LogP contribution in [-0.2, 0) is 16.6 Å². The summed E-state index contributed by atoms with van der Waals surface area (Å²) in [6, 6.07) is 0. The standard InChI is InChI=1S/C5H9N5O2S2/c6-7-5-9-8-4(13-5)3-10-1-2-14(10,11)12/h1-3,6H2,(H,7,9). The number of hydrogen-bond acceptors (Lipinski definition) is 7. The average molecular weight is 235 g/mol. The topological polar surface area (TPSA) is 101 Å². The zero-order valence-electron chi connectivity index (χ0n) is 7.17. The monoisotopic (exact) mass is 235 g/mol. The molecule has 7 nitrogen and oxygen atoms in total. The molecule has 9 heteroatoms. The van der Waals surface area contributed by atoms with E-state index in [0.29, 0.717) is 23.2 Å². The van der Waals surface area contributed by atoms with E-state index in [9.17, 15) is 8.42 Å². The quantitative estimate of drug-likeness (QED) is 0.513. The second-order valence-electron chi connectivity index (χ2n) is 2.79. The van der Waals surface area contributed by atoms with Crippen LogP contribution in [0.25, 0.3) is 0 Å². The molecule has 0 aliphatic carbocycles. The second-order valence-corrected chi connectivity index (χ2v) is 5.95. The molecule has 78 valence electrons. The number of sulfonamides is 1. The van der Waals surface area contributed by atoms with Crippen LogP contribution >= 0.6 is 11.3 Å². The molecule has 0 unspecified atom stereocenters. The maximum atomic E-state index is 11.1. The largest absolute Gasteiger partial charge is 0.298 e. The van der Waals surface area contributed by atoms with Crippen LogP contribution in [-0.4, -0.2) is 35.2 Å². The first-order valence-corrected chi connectivity index (χ1v) is 6.31. The van der Waals surface area contributed by atoms with E-state index in [-0.39, 0.29) is 5.75 Å². The summed E-state index contributed by atoms with van der Waals surface area (Å²) in [5.74, 6) is 5.35. The van der Waals surface area contributed by atoms with Crippen LogP contribution in [0.1, 0.15) is 5.01 Å². The number of nitrogens with two attached hydrogens (primary N) is 1. The maximum Gasteiger partial charge on any atom is 0.219 e. The molecule has 0 aromatic carbocycles. The Morgan fingerprint density at radius 2 is 2.36 bits per heavy atom. The predicted molar refractivity (Wildman–Crippen MR) is 51.9 cm³/mol. The number of hydrazine groups is 1. The molecule has 0 saturated carbocycles. The van der Waals surface area contributed by atoms with Gasteiger partial charge in [0.15, 0.2) is 0 Å². The van der Waals surface area contributed by atoms with Crippen molar-refractivity contribution in [1.29, 1.82) is 0 Å². The third kappa shape index (κ3) is 1.71. The zero-order valence-corrected chi connectivity index (χ0v) is 8.81. The van der Waals surface area contributed by atoms with Crippen molar-refractivity contribution in [1.82, 2.24) is 14.5 Å². The highest BCUT2D eigenvalue weighted by Crippen LogP contribution is 2.21. The highest BCUT2D eigenvalue weighted by molar-refractivity contribution is 7.90. The fourth-order valence-electron chi connectivity index (χ4n) is 1.07. The van der Waals surface area contributed by atoms with Gasteiger partial charge in [0, 0.05) is 6.54 Å². The zero-order chi connectivity index (χ0) is 10.2. The van der Waals surface area contributed by atoms with Crippen LogP contribution in [0.4, 0.5) is 5.13 Å². The van der Waals surface area contributed by atoms with Crippen molar-refractivity contribution in [3.63, 3.8) is 0 Å². The molecule has 0 bridgehead atoms. The number of rotatable bonds is 3. The third-order valence-electron chi connectivity index (χ3n) is 1.89. The molecule has 14 heavy (non-hydrogen) atoms. The Bertz CT molecular complexity index is 427. The molecule has 3 N–H and O–H groups in total. The van der Waals surface area contributed by atoms with Gasteiger partial charge < -0.3 is 0 Å². The Labute approximate surface area is 84.9 Å². The molecule has 1 aliphatic rings. The van der Waals surface area contributed by atoms with E-state index in [1.807, 2.05) is 0 Å². The Morgan fingerprint density at radius 3 is 2.79 bits per heavy atom. The normalized spacial score (nSPS) is 20.4. The Balaban J connectivity index is 2.04. The van der Waals surface area contributed by atoms with Gasteiger partial charge in [-0.05, 0) is 0 Å². The van der Waals surface area contributed by atoms with Gasteiger partial charge in [0.2, 0.25) is 15.2 Å². The molecular weight excluding hydrogens is 226 g/mol. The molecule has 0 radical (unpaired) electrons. The van der Waals surface area contributed by atoms with Gasteiger partial charge in [-0.1, -0.05) is 11.3 Å². The molecule has 0 spiro atoms. The first kappa shape index (κ1) is 9.77. The summed E-state index contributed by atoms with van der Waals surface area (Å²) in [4.78, 5) is 0. The fourth-order valence-corrected chi connectivity index (χ4v) is 2.88. The predicted octanol–water partition coefficient (Wildman–Crippen LogP) is -1.03. The lowest BCUT2D eigenvalue weighted by Gasteiger charge is -2.28. The van der Waals surface area contributed by atoms with Crippen molar-refractivity contribution in [2.45, 2.75) is 6.54 Å². The number of nitrogens with zero attached hydrogens (tertiary/aromatic N) is 3. The summed E-state index contributed by atoms with van der Waals surface area (Å²) in [7, 11) is -3.00. The van der Waals surface area contributed by atoms with Crippen LogP contribution < -0.4 is 11.3 Å². The Kier molecular flexibility index (Phi) is 2.39. The summed E-state index contributed by atoms with van der Waals surface area (Å²) in [6.45, 7) is 0.856. The lowest BCUT2D eigenvalue weighted by molar-refractivity contribution is 0.378. The van der Waals surface area contributed by atoms with Crippen molar-refractivity contribution in [2.24, 2.45) is 5.84 Å². The smallest absolute Gasteiger partial charge is 0.219 e. The molecule has 1 saturated heterocycles. The van der Waals surface area contributed by atoms with Gasteiger partial charge in [0.25, 0.3) is 0 Å². The van der Waals surface area contributed by atoms with Crippen LogP contribution in [0.5, 0.6) is 0 Å². The van der Waals surface area contributed by atoms with Gasteiger partial charge in [0.1, 0.15) is 5.01 Å². The molecule has 2 rings (SSSR count). The third-order valence-corrected chi connectivity index (χ3v) is 4.53. The van der Waals surface area contributed by atoms with Crippen molar-refractivity contribution in [2.75, 3.05) is 17.7 Å². The van der Waals surface area contributed by atoms with Crippen LogP contribution in [0, 0.1) is 0 Å². The number of nitrogen functional groups attached to an aromatic ring is 1. The summed E-state index contributed by atoms with van der Waals surface area (Å²) < 4.78 is 23.7. The van der Waals surface area contributed by atoms with E-state index in [1.54, 1.807) is 0 Å². The summed E-state index contributed by atoms with van der Waals surface area (Å²) in [5, 5.41) is 8.62. The molecule has 1 aromatic heterocycles. The molecule has 1 aromatic rings. The van der Waals surface area contributed by atoms with E-state index in [4.69, 9.17) is 5.84 Å². The minimum absolute atomic E-state index is 0.230. The molecule has 1 aliphatic heterocycles. The lowest BCUT2D eigenvalue weighted by Crippen LogP contribution is -2.46. The molecule has 0 atom stereocenters. The summed E-state index contributed by atoms with van der Waals surface area (Å²) in [5.41, 5.74) is 2.35. The van der Waals surface area contributed by atoms with Gasteiger partial charge in [0.05, 0.1) is 12.3 Å². The number of aromatic nitrogens is 2. The van der Waals surface area contributed by atoms with E-state index in [0.717, 1.165) is 0 Å². The minimum atomic E-state index is -3.00. The average Bonchev–Trinajstić information content (AvgIpc) is 2.60. The van der Waals surface area contributed by atoms with Gasteiger partial charge in [-0.2, -0.15) is 4.31 Å². The van der Waals surface area contributed by atoms with Crippen LogP contribution in [0.3, 0.4) is 0 Å². The number of hydrogen-bond donors (Lipinski definition) is 2. The Hall–Kier alpha value is -0.770. The second kappa shape index (κ2) is 3.42. The van der Waals surface area contributed by atoms with Crippen molar-refractivity contribution >= 4 is 26.5 Å². The maximum absolute atomic E-state index is 11.1. The van der Waals surface area contributed by atoms with E-state index < -0.39 is 10.0 Å². The van der Waals surface area contributed by atoms with Crippen molar-refractivity contribution in [3.05, 3.63) is 5.01 Å². The molecular formula is C5H9N5O2S2. The number of anilines is 1. The SMILES string of the molecule is NNc1nnc(CN2CCS2(=O)=O)s1. The molecule has 0 amide bonds. The lowest BCUT2D eigenvalue weighted by atomic mass is 10.6. The highest BCUT2D eigenvalue weighted by Gasteiger charge is 2.33. The number of nitrogens with one attached hydrogen (secondary N) is 1. The fraction of sp³-hybridized carbons (Fsp3) is 0.600. The molecule has 2 heterocycles. The van der Waals surface area contributed by atoms with E-state index in [2.05, 4.69) is 15.6 Å². The van der Waals surface area contributed by atoms with Gasteiger partial charge in [-0.15, -0.1) is 10.2 Å². The van der Waals surface area contributed by atoms with Gasteiger partial charge >= 0.3 is 0 Å². The van der Waals surface area contributed by atoms with Gasteiger partial charge in [-0.25, -0.2) is 14.3 Å². The van der Waals surface area contributed by atoms with Crippen LogP contribution in [0.2, 0.25) is 0 Å². The van der Waals surface area contributed by atoms with Crippen molar-refractivity contribution in [3.8, 4) is 0 Å². The summed E-state index contributed by atoms with van der Waals surface area (Å²) >= 11 is 1.25. The van der Waals surface area contributed by atoms with E-state index >= 15 is 0 Å². The van der Waals surface area contributed by atoms with Gasteiger partial charge in [-0.3, -0.25) is 5.43 Å². The Morgan fingerprint density at radius 1 is 1.57 bits per heavy atom. The minimum Gasteiger partial charge on any atom is -0.298 e.